The molecule has 0 aliphatic rings. The summed E-state index contributed by atoms with van der Waals surface area (Å²) in [5.41, 5.74) is 3.43. The van der Waals surface area contributed by atoms with Crippen LogP contribution in [0.2, 0.25) is 0 Å². The first-order chi connectivity index (χ1) is 16.2. The molecule has 162 valence electrons. The lowest BCUT2D eigenvalue weighted by Gasteiger charge is -2.05. The summed E-state index contributed by atoms with van der Waals surface area (Å²) in [4.78, 5) is 39.7. The summed E-state index contributed by atoms with van der Waals surface area (Å²) in [6.45, 7) is -0.135. The lowest BCUT2D eigenvalue weighted by Crippen LogP contribution is -2.27. The summed E-state index contributed by atoms with van der Waals surface area (Å²) in [6.07, 6.45) is 3.34. The van der Waals surface area contributed by atoms with Crippen LogP contribution < -0.4 is 10.9 Å². The second kappa shape index (κ2) is 8.07. The number of anilines is 1. The molecule has 0 atom stereocenters. The number of benzene rings is 1. The number of hydrogen-bond acceptors (Lipinski definition) is 7. The minimum atomic E-state index is -0.328. The Morgan fingerprint density at radius 1 is 1.06 bits per heavy atom. The number of nitrogens with zero attached hydrogens (tertiary/aromatic N) is 3. The third kappa shape index (κ3) is 3.58. The highest BCUT2D eigenvalue weighted by Gasteiger charge is 2.16. The zero-order chi connectivity index (χ0) is 22.4. The molecular weight excluding hydrogens is 474 g/mol. The average molecular weight is 490 g/mol. The number of aromatic nitrogens is 4. The van der Waals surface area contributed by atoms with E-state index >= 15 is 0 Å². The predicted octanol–water partition coefficient (Wildman–Crippen LogP) is 5.43. The van der Waals surface area contributed by atoms with Crippen molar-refractivity contribution in [2.75, 3.05) is 5.32 Å². The predicted molar refractivity (Wildman–Crippen MR) is 135 cm³/mol. The maximum atomic E-state index is 13.1. The second-order valence-corrected chi connectivity index (χ2v) is 9.98. The van der Waals surface area contributed by atoms with E-state index < -0.39 is 0 Å². The van der Waals surface area contributed by atoms with Gasteiger partial charge in [0.2, 0.25) is 5.91 Å². The molecule has 6 rings (SSSR count). The number of aromatic amines is 1. The molecule has 7 nitrogen and oxygen atoms in total. The van der Waals surface area contributed by atoms with E-state index in [9.17, 15) is 9.59 Å². The number of H-pyrrole nitrogens is 1. The van der Waals surface area contributed by atoms with Crippen molar-refractivity contribution in [2.24, 2.45) is 0 Å². The number of nitrogens with one attached hydrogen (secondary N) is 2. The van der Waals surface area contributed by atoms with Crippen molar-refractivity contribution in [1.82, 2.24) is 19.5 Å². The van der Waals surface area contributed by atoms with E-state index in [1.165, 1.54) is 33.6 Å². The fourth-order valence-corrected chi connectivity index (χ4v) is 6.19. The van der Waals surface area contributed by atoms with E-state index in [-0.39, 0.29) is 18.0 Å². The summed E-state index contributed by atoms with van der Waals surface area (Å²) in [6, 6.07) is 11.9. The maximum absolute atomic E-state index is 13.1. The highest BCUT2D eigenvalue weighted by molar-refractivity contribution is 7.18. The standard InChI is InChI=1S/C23H15N5O2S3/c29-19(27-23-26-17(11-33-23)14-8-24-16-5-2-1-4-13(14)16)9-28-12-25-21-20(22(28)30)15(10-32-21)18-6-3-7-31-18/h1-8,10-12,24H,9H2,(H,26,27,29). The van der Waals surface area contributed by atoms with Crippen LogP contribution in [-0.2, 0) is 11.3 Å². The van der Waals surface area contributed by atoms with Gasteiger partial charge in [0, 0.05) is 43.9 Å². The highest BCUT2D eigenvalue weighted by Crippen LogP contribution is 2.33. The van der Waals surface area contributed by atoms with Crippen LogP contribution in [0.5, 0.6) is 0 Å². The van der Waals surface area contributed by atoms with E-state index in [4.69, 9.17) is 0 Å². The summed E-state index contributed by atoms with van der Waals surface area (Å²) in [5.74, 6) is -0.328. The molecular formula is C23H15N5O2S3. The first-order valence-corrected chi connectivity index (χ1v) is 12.6. The molecule has 5 aromatic heterocycles. The van der Waals surface area contributed by atoms with Gasteiger partial charge in [0.15, 0.2) is 5.13 Å². The second-order valence-electron chi connectivity index (χ2n) is 7.32. The van der Waals surface area contributed by atoms with Crippen molar-refractivity contribution in [1.29, 1.82) is 0 Å². The molecule has 0 aliphatic carbocycles. The van der Waals surface area contributed by atoms with Gasteiger partial charge in [0.1, 0.15) is 11.4 Å². The monoisotopic (exact) mass is 489 g/mol. The van der Waals surface area contributed by atoms with E-state index in [0.717, 1.165) is 32.6 Å². The SMILES string of the molecule is O=C(Cn1cnc2scc(-c3cccs3)c2c1=O)Nc1nc(-c2c[nH]c3ccccc23)cs1. The van der Waals surface area contributed by atoms with Gasteiger partial charge in [-0.25, -0.2) is 9.97 Å². The number of carbonyl (C=O) groups is 1. The zero-order valence-corrected chi connectivity index (χ0v) is 19.4. The molecule has 33 heavy (non-hydrogen) atoms. The van der Waals surface area contributed by atoms with Gasteiger partial charge >= 0.3 is 0 Å². The van der Waals surface area contributed by atoms with Gasteiger partial charge in [-0.05, 0) is 17.5 Å². The Bertz CT molecular complexity index is 1670. The Labute approximate surface area is 199 Å². The van der Waals surface area contributed by atoms with Crippen LogP contribution in [0.15, 0.2) is 69.9 Å². The summed E-state index contributed by atoms with van der Waals surface area (Å²) in [5, 5.41) is 10.7. The van der Waals surface area contributed by atoms with Gasteiger partial charge in [0.05, 0.1) is 17.4 Å². The molecule has 6 aromatic rings. The molecule has 0 aliphatic heterocycles. The van der Waals surface area contributed by atoms with Crippen molar-refractivity contribution in [2.45, 2.75) is 6.54 Å². The number of thiophene rings is 2. The molecule has 0 fully saturated rings. The van der Waals surface area contributed by atoms with E-state index in [0.29, 0.717) is 15.3 Å². The Morgan fingerprint density at radius 2 is 1.97 bits per heavy atom. The van der Waals surface area contributed by atoms with E-state index in [2.05, 4.69) is 20.3 Å². The third-order valence-electron chi connectivity index (χ3n) is 5.28. The minimum Gasteiger partial charge on any atom is -0.360 e. The molecule has 0 bridgehead atoms. The van der Waals surface area contributed by atoms with Gasteiger partial charge in [-0.15, -0.1) is 34.0 Å². The molecule has 1 aromatic carbocycles. The smallest absolute Gasteiger partial charge is 0.263 e. The zero-order valence-electron chi connectivity index (χ0n) is 16.9. The molecule has 5 heterocycles. The van der Waals surface area contributed by atoms with Crippen LogP contribution in [0.1, 0.15) is 0 Å². The van der Waals surface area contributed by atoms with E-state index in [1.807, 2.05) is 58.7 Å². The summed E-state index contributed by atoms with van der Waals surface area (Å²) >= 11 is 4.35. The van der Waals surface area contributed by atoms with Crippen molar-refractivity contribution < 1.29 is 4.79 Å². The highest BCUT2D eigenvalue weighted by atomic mass is 32.1. The van der Waals surface area contributed by atoms with Crippen molar-refractivity contribution in [3.05, 3.63) is 75.4 Å². The van der Waals surface area contributed by atoms with Crippen molar-refractivity contribution >= 4 is 66.2 Å². The summed E-state index contributed by atoms with van der Waals surface area (Å²) < 4.78 is 1.34. The molecule has 0 unspecified atom stereocenters. The van der Waals surface area contributed by atoms with Gasteiger partial charge in [0.25, 0.3) is 5.56 Å². The Balaban J connectivity index is 1.24. The summed E-state index contributed by atoms with van der Waals surface area (Å²) in [7, 11) is 0. The quantitative estimate of drug-likeness (QED) is 0.338. The largest absolute Gasteiger partial charge is 0.360 e. The molecule has 10 heteroatoms. The Kier molecular flexibility index (Phi) is 4.90. The molecule has 0 saturated heterocycles. The van der Waals surface area contributed by atoms with Crippen LogP contribution in [0, 0.1) is 0 Å². The first-order valence-electron chi connectivity index (χ1n) is 10.00. The molecule has 0 spiro atoms. The van der Waals surface area contributed by atoms with Crippen LogP contribution in [-0.4, -0.2) is 25.4 Å². The number of fused-ring (bicyclic) bond motifs is 2. The van der Waals surface area contributed by atoms with Crippen LogP contribution in [0.4, 0.5) is 5.13 Å². The average Bonchev–Trinajstić information content (AvgIpc) is 3.61. The van der Waals surface area contributed by atoms with Crippen molar-refractivity contribution in [3.63, 3.8) is 0 Å². The van der Waals surface area contributed by atoms with Gasteiger partial charge in [-0.2, -0.15) is 0 Å². The molecule has 0 saturated carbocycles. The molecule has 0 radical (unpaired) electrons. The Morgan fingerprint density at radius 3 is 2.85 bits per heavy atom. The van der Waals surface area contributed by atoms with Gasteiger partial charge in [-0.3, -0.25) is 14.2 Å². The van der Waals surface area contributed by atoms with Crippen LogP contribution in [0.25, 0.3) is 42.8 Å². The van der Waals surface area contributed by atoms with Gasteiger partial charge < -0.3 is 10.3 Å². The molecule has 1 amide bonds. The number of hydrogen-bond donors (Lipinski definition) is 2. The first kappa shape index (κ1) is 20.0. The number of rotatable bonds is 5. The van der Waals surface area contributed by atoms with Crippen LogP contribution in [0.3, 0.4) is 0 Å². The number of amides is 1. The number of para-hydroxylation sites is 1. The topological polar surface area (TPSA) is 92.7 Å². The normalized spacial score (nSPS) is 11.4. The lowest BCUT2D eigenvalue weighted by molar-refractivity contribution is -0.116. The van der Waals surface area contributed by atoms with E-state index in [1.54, 1.807) is 11.3 Å². The minimum absolute atomic E-state index is 0.135. The number of carbonyl (C=O) groups excluding carboxylic acids is 1. The molecule has 2 N–H and O–H groups in total. The third-order valence-corrected chi connectivity index (χ3v) is 7.82. The van der Waals surface area contributed by atoms with Crippen molar-refractivity contribution in [3.8, 4) is 21.7 Å². The van der Waals surface area contributed by atoms with Gasteiger partial charge in [-0.1, -0.05) is 24.3 Å². The fourth-order valence-electron chi connectivity index (χ4n) is 3.75. The lowest BCUT2D eigenvalue weighted by atomic mass is 10.1. The Hall–Kier alpha value is -3.60. The maximum Gasteiger partial charge on any atom is 0.263 e. The number of thiazole rings is 1. The fraction of sp³-hybridized carbons (Fsp3) is 0.0435. The van der Waals surface area contributed by atoms with Crippen LogP contribution >= 0.6 is 34.0 Å².